The van der Waals surface area contributed by atoms with Gasteiger partial charge in [0.05, 0.1) is 0 Å². The number of rotatable bonds is 5. The molecule has 75 valence electrons. The molecule has 0 aliphatic carbocycles. The number of halogens is 1. The van der Waals surface area contributed by atoms with Gasteiger partial charge in [0, 0.05) is 18.7 Å². The summed E-state index contributed by atoms with van der Waals surface area (Å²) in [5, 5.41) is 0. The highest BCUT2D eigenvalue weighted by Gasteiger charge is 2.04. The summed E-state index contributed by atoms with van der Waals surface area (Å²) in [6, 6.07) is 0. The maximum Gasteiger partial charge on any atom is 0.262 e. The lowest BCUT2D eigenvalue weighted by Gasteiger charge is -2.01. The molecule has 4 nitrogen and oxygen atoms in total. The van der Waals surface area contributed by atoms with Crippen molar-refractivity contribution in [1.29, 1.82) is 0 Å². The van der Waals surface area contributed by atoms with Crippen LogP contribution >= 0.6 is 11.6 Å². The summed E-state index contributed by atoms with van der Waals surface area (Å²) in [5.41, 5.74) is 5.57. The van der Waals surface area contributed by atoms with Gasteiger partial charge >= 0.3 is 0 Å². The van der Waals surface area contributed by atoms with E-state index in [1.54, 1.807) is 0 Å². The van der Waals surface area contributed by atoms with Crippen LogP contribution in [0.15, 0.2) is 0 Å². The minimum atomic E-state index is -0.290. The van der Waals surface area contributed by atoms with Gasteiger partial charge in [-0.25, -0.2) is 5.43 Å². The standard InChI is InChI=1S/C8H14ClN2O2/c1-2-4-7(12)10-11-8(13)5-3-6-9/h2-6H2,1H3,(H,11,13). The minimum Gasteiger partial charge on any atom is -0.273 e. The fourth-order valence-corrected chi connectivity index (χ4v) is 0.811. The van der Waals surface area contributed by atoms with E-state index >= 15 is 0 Å². The van der Waals surface area contributed by atoms with E-state index in [1.165, 1.54) is 0 Å². The lowest BCUT2D eigenvalue weighted by molar-refractivity contribution is -0.129. The van der Waals surface area contributed by atoms with Gasteiger partial charge < -0.3 is 0 Å². The van der Waals surface area contributed by atoms with Crippen LogP contribution in [0.1, 0.15) is 32.6 Å². The molecule has 0 atom stereocenters. The number of nitrogens with zero attached hydrogens (tertiary/aromatic N) is 1. The molecule has 13 heavy (non-hydrogen) atoms. The van der Waals surface area contributed by atoms with Crippen LogP contribution in [0.5, 0.6) is 0 Å². The number of alkyl halides is 1. The molecule has 2 amide bonds. The second-order valence-corrected chi connectivity index (χ2v) is 2.96. The van der Waals surface area contributed by atoms with Crippen molar-refractivity contribution in [2.75, 3.05) is 5.88 Å². The maximum atomic E-state index is 10.9. The van der Waals surface area contributed by atoms with Gasteiger partial charge in [-0.05, 0) is 12.8 Å². The van der Waals surface area contributed by atoms with Crippen molar-refractivity contribution in [1.82, 2.24) is 10.9 Å². The fourth-order valence-electron chi connectivity index (χ4n) is 0.678. The lowest BCUT2D eigenvalue weighted by Crippen LogP contribution is -2.35. The van der Waals surface area contributed by atoms with Crippen LogP contribution in [0.2, 0.25) is 0 Å². The van der Waals surface area contributed by atoms with Crippen LogP contribution < -0.4 is 10.9 Å². The van der Waals surface area contributed by atoms with Crippen molar-refractivity contribution in [3.63, 3.8) is 0 Å². The summed E-state index contributed by atoms with van der Waals surface area (Å²) in [7, 11) is 0. The SMILES string of the molecule is CCCC(=O)[N]NC(=O)CCCCl. The summed E-state index contributed by atoms with van der Waals surface area (Å²) in [4.78, 5) is 21.7. The number of carbonyl (C=O) groups excluding carboxylic acids is 2. The Morgan fingerprint density at radius 2 is 2.08 bits per heavy atom. The Bertz CT molecular complexity index is 174. The number of carbonyl (C=O) groups is 2. The molecular weight excluding hydrogens is 192 g/mol. The van der Waals surface area contributed by atoms with Crippen molar-refractivity contribution in [3.8, 4) is 0 Å². The third-order valence-corrected chi connectivity index (χ3v) is 1.57. The van der Waals surface area contributed by atoms with Gasteiger partial charge in [0.2, 0.25) is 5.91 Å². The van der Waals surface area contributed by atoms with Gasteiger partial charge in [0.25, 0.3) is 5.91 Å². The first kappa shape index (κ1) is 12.2. The van der Waals surface area contributed by atoms with E-state index < -0.39 is 0 Å². The summed E-state index contributed by atoms with van der Waals surface area (Å²) in [6.07, 6.45) is 2.02. The molecule has 0 fully saturated rings. The Kier molecular flexibility index (Phi) is 7.39. The lowest BCUT2D eigenvalue weighted by atomic mass is 10.3. The van der Waals surface area contributed by atoms with E-state index in [4.69, 9.17) is 11.6 Å². The Hall–Kier alpha value is -0.770. The third kappa shape index (κ3) is 7.59. The average Bonchev–Trinajstić information content (AvgIpc) is 2.12. The Balaban J connectivity index is 3.40. The molecule has 0 aromatic carbocycles. The summed E-state index contributed by atoms with van der Waals surface area (Å²) in [5.74, 6) is -0.108. The van der Waals surface area contributed by atoms with Crippen molar-refractivity contribution < 1.29 is 9.59 Å². The minimum absolute atomic E-state index is 0.259. The van der Waals surface area contributed by atoms with Crippen LogP contribution in [-0.2, 0) is 9.59 Å². The quantitative estimate of drug-likeness (QED) is 0.537. The smallest absolute Gasteiger partial charge is 0.262 e. The Morgan fingerprint density at radius 3 is 2.62 bits per heavy atom. The first-order valence-corrected chi connectivity index (χ1v) is 4.82. The predicted octanol–water partition coefficient (Wildman–Crippen LogP) is 0.968. The third-order valence-electron chi connectivity index (χ3n) is 1.31. The molecular formula is C8H14ClN2O2. The molecule has 0 aromatic rings. The van der Waals surface area contributed by atoms with Gasteiger partial charge in [-0.3, -0.25) is 9.59 Å². The molecule has 0 aromatic heterocycles. The van der Waals surface area contributed by atoms with Crippen molar-refractivity contribution in [3.05, 3.63) is 0 Å². The molecule has 0 unspecified atom stereocenters. The van der Waals surface area contributed by atoms with Gasteiger partial charge in [-0.2, -0.15) is 0 Å². The van der Waals surface area contributed by atoms with Crippen LogP contribution in [0.4, 0.5) is 0 Å². The molecule has 0 spiro atoms. The fraction of sp³-hybridized carbons (Fsp3) is 0.750. The van der Waals surface area contributed by atoms with Gasteiger partial charge in [-0.1, -0.05) is 6.92 Å². The number of nitrogens with one attached hydrogen (secondary N) is 1. The molecule has 1 N–H and O–H groups in total. The van der Waals surface area contributed by atoms with E-state index in [0.717, 1.165) is 6.42 Å². The molecule has 0 bridgehead atoms. The Labute approximate surface area is 83.0 Å². The van der Waals surface area contributed by atoms with Crippen LogP contribution in [0.25, 0.3) is 0 Å². The highest BCUT2D eigenvalue weighted by atomic mass is 35.5. The normalized spacial score (nSPS) is 9.38. The van der Waals surface area contributed by atoms with Gasteiger partial charge in [0.1, 0.15) is 0 Å². The van der Waals surface area contributed by atoms with Crippen LogP contribution in [0, 0.1) is 0 Å². The first-order valence-electron chi connectivity index (χ1n) is 4.29. The van der Waals surface area contributed by atoms with E-state index in [1.807, 2.05) is 6.92 Å². The molecule has 0 saturated carbocycles. The molecule has 5 heteroatoms. The average molecular weight is 206 g/mol. The number of hydrogen-bond acceptors (Lipinski definition) is 2. The molecule has 1 radical (unpaired) electrons. The summed E-state index contributed by atoms with van der Waals surface area (Å²) in [6.45, 7) is 1.88. The zero-order valence-electron chi connectivity index (χ0n) is 7.68. The monoisotopic (exact) mass is 205 g/mol. The topological polar surface area (TPSA) is 60.3 Å². The molecule has 0 aliphatic heterocycles. The molecule has 0 rings (SSSR count). The van der Waals surface area contributed by atoms with E-state index in [9.17, 15) is 9.59 Å². The zero-order valence-corrected chi connectivity index (χ0v) is 8.43. The number of amides is 2. The molecule has 0 saturated heterocycles. The van der Waals surface area contributed by atoms with Gasteiger partial charge in [-0.15, -0.1) is 17.0 Å². The largest absolute Gasteiger partial charge is 0.273 e. The van der Waals surface area contributed by atoms with Crippen LogP contribution in [0.3, 0.4) is 0 Å². The van der Waals surface area contributed by atoms with Crippen molar-refractivity contribution >= 4 is 23.4 Å². The first-order chi connectivity index (χ1) is 6.20. The summed E-state index contributed by atoms with van der Waals surface area (Å²) >= 11 is 5.38. The summed E-state index contributed by atoms with van der Waals surface area (Å²) < 4.78 is 0. The highest BCUT2D eigenvalue weighted by molar-refractivity contribution is 6.17. The van der Waals surface area contributed by atoms with Crippen LogP contribution in [-0.4, -0.2) is 17.7 Å². The number of hydrogen-bond donors (Lipinski definition) is 1. The molecule has 0 aliphatic rings. The van der Waals surface area contributed by atoms with Crippen molar-refractivity contribution in [2.45, 2.75) is 32.6 Å². The maximum absolute atomic E-state index is 10.9. The predicted molar refractivity (Wildman–Crippen MR) is 50.1 cm³/mol. The van der Waals surface area contributed by atoms with E-state index in [2.05, 4.69) is 10.9 Å². The Morgan fingerprint density at radius 1 is 1.38 bits per heavy atom. The van der Waals surface area contributed by atoms with Gasteiger partial charge in [0.15, 0.2) is 0 Å². The van der Waals surface area contributed by atoms with Crippen molar-refractivity contribution in [2.24, 2.45) is 0 Å². The highest BCUT2D eigenvalue weighted by Crippen LogP contribution is 1.91. The molecule has 0 heterocycles. The zero-order chi connectivity index (χ0) is 10.1. The second kappa shape index (κ2) is 7.86. The second-order valence-electron chi connectivity index (χ2n) is 2.58. The van der Waals surface area contributed by atoms with E-state index in [0.29, 0.717) is 25.1 Å². The van der Waals surface area contributed by atoms with E-state index in [-0.39, 0.29) is 11.8 Å².